The normalized spacial score (nSPS) is 17.1. The van der Waals surface area contributed by atoms with Crippen LogP contribution >= 0.6 is 34.2 Å². The van der Waals surface area contributed by atoms with Gasteiger partial charge in [0.25, 0.3) is 0 Å². The Bertz CT molecular complexity index is 1800. The lowest BCUT2D eigenvalue weighted by Crippen LogP contribution is -2.50. The maximum Gasteiger partial charge on any atom is 0.238 e. The molecule has 0 N–H and O–H groups in total. The highest BCUT2D eigenvalue weighted by molar-refractivity contribution is 14.1. The van der Waals surface area contributed by atoms with E-state index in [2.05, 4.69) is 27.6 Å². The van der Waals surface area contributed by atoms with Gasteiger partial charge in [0.15, 0.2) is 9.84 Å². The van der Waals surface area contributed by atoms with Crippen LogP contribution in [0.4, 0.5) is 5.69 Å². The lowest BCUT2D eigenvalue weighted by Gasteiger charge is -2.38. The largest absolute Gasteiger partial charge is 0.378 e. The molecule has 3 aliphatic rings. The second-order valence-electron chi connectivity index (χ2n) is 13.6. The highest BCUT2D eigenvalue weighted by atomic mass is 127. The van der Waals surface area contributed by atoms with Crippen molar-refractivity contribution in [2.45, 2.75) is 57.0 Å². The zero-order valence-corrected chi connectivity index (χ0v) is 33.1. The molecular formula is C36H47ClIN5O8S. The fourth-order valence-electron chi connectivity index (χ4n) is 7.07. The van der Waals surface area contributed by atoms with Gasteiger partial charge in [-0.25, -0.2) is 13.4 Å². The minimum absolute atomic E-state index is 0.0139. The van der Waals surface area contributed by atoms with Crippen LogP contribution in [-0.2, 0) is 56.9 Å². The first kappa shape index (κ1) is 39.3. The van der Waals surface area contributed by atoms with Crippen molar-refractivity contribution in [2.75, 3.05) is 80.4 Å². The van der Waals surface area contributed by atoms with E-state index in [-0.39, 0.29) is 36.5 Å². The molecule has 284 valence electrons. The van der Waals surface area contributed by atoms with Crippen LogP contribution in [-0.4, -0.2) is 115 Å². The van der Waals surface area contributed by atoms with Crippen LogP contribution in [0.2, 0.25) is 5.02 Å². The van der Waals surface area contributed by atoms with Crippen LogP contribution in [0.5, 0.6) is 0 Å². The van der Waals surface area contributed by atoms with Crippen LogP contribution in [0, 0.1) is 5.92 Å². The highest BCUT2D eigenvalue weighted by Crippen LogP contribution is 2.48. The first-order valence-electron chi connectivity index (χ1n) is 18.0. The molecule has 0 atom stereocenters. The SMILES string of the molecule is O=C(CC1CC1)N1CCC2(CC1)C(=O)N(Cc1nc3cc(Cl)ccc3n1CCCS(=O)(=O)CCOCCOCCOCCOCI)c1cnccc12. The number of likely N-dealkylation sites (tertiary alicyclic amines) is 1. The Morgan fingerprint density at radius 3 is 2.35 bits per heavy atom. The number of imidazole rings is 1. The van der Waals surface area contributed by atoms with Crippen molar-refractivity contribution in [2.24, 2.45) is 5.92 Å². The smallest absolute Gasteiger partial charge is 0.238 e. The number of anilines is 1. The van der Waals surface area contributed by atoms with Crippen molar-refractivity contribution in [1.82, 2.24) is 19.4 Å². The maximum absolute atomic E-state index is 14.4. The summed E-state index contributed by atoms with van der Waals surface area (Å²) in [6.07, 6.45) is 7.79. The predicted octanol–water partition coefficient (Wildman–Crippen LogP) is 4.56. The van der Waals surface area contributed by atoms with Crippen molar-refractivity contribution >= 4 is 72.6 Å². The molecule has 2 amide bonds. The van der Waals surface area contributed by atoms with E-state index < -0.39 is 15.3 Å². The summed E-state index contributed by atoms with van der Waals surface area (Å²) in [5.41, 5.74) is 2.45. The third-order valence-electron chi connectivity index (χ3n) is 10.0. The number of nitrogens with zero attached hydrogens (tertiary/aromatic N) is 5. The number of halogens is 2. The van der Waals surface area contributed by atoms with Gasteiger partial charge in [-0.15, -0.1) is 0 Å². The molecule has 1 saturated heterocycles. The number of rotatable bonds is 21. The number of alkyl halides is 1. The molecule has 1 saturated carbocycles. The Balaban J connectivity index is 1.04. The monoisotopic (exact) mass is 871 g/mol. The zero-order valence-electron chi connectivity index (χ0n) is 29.3. The van der Waals surface area contributed by atoms with Gasteiger partial charge in [0.05, 0.1) is 97.2 Å². The molecule has 16 heteroatoms. The first-order valence-corrected chi connectivity index (χ1v) is 21.7. The average Bonchev–Trinajstić information content (AvgIpc) is 3.85. The zero-order chi connectivity index (χ0) is 36.6. The molecule has 52 heavy (non-hydrogen) atoms. The van der Waals surface area contributed by atoms with E-state index in [9.17, 15) is 18.0 Å². The lowest BCUT2D eigenvalue weighted by molar-refractivity contribution is -0.136. The molecule has 4 heterocycles. The summed E-state index contributed by atoms with van der Waals surface area (Å²) >= 11 is 8.46. The molecule has 2 fully saturated rings. The number of amides is 2. The minimum Gasteiger partial charge on any atom is -0.378 e. The number of hydrogen-bond donors (Lipinski definition) is 0. The van der Waals surface area contributed by atoms with Crippen molar-refractivity contribution < 1.29 is 37.0 Å². The van der Waals surface area contributed by atoms with E-state index in [0.717, 1.165) is 29.6 Å². The predicted molar refractivity (Wildman–Crippen MR) is 206 cm³/mol. The fourth-order valence-corrected chi connectivity index (χ4v) is 8.70. The van der Waals surface area contributed by atoms with Gasteiger partial charge >= 0.3 is 0 Å². The second-order valence-corrected chi connectivity index (χ2v) is 16.9. The summed E-state index contributed by atoms with van der Waals surface area (Å²) < 4.78 is 50.0. The number of carbonyl (C=O) groups excluding carboxylic acids is 2. The lowest BCUT2D eigenvalue weighted by atomic mass is 9.74. The number of fused-ring (bicyclic) bond motifs is 3. The molecule has 2 aliphatic heterocycles. The van der Waals surface area contributed by atoms with Gasteiger partial charge in [-0.1, -0.05) is 34.2 Å². The van der Waals surface area contributed by atoms with Gasteiger partial charge in [0, 0.05) is 37.3 Å². The van der Waals surface area contributed by atoms with Gasteiger partial charge < -0.3 is 33.3 Å². The minimum atomic E-state index is -3.38. The topological polar surface area (TPSA) is 142 Å². The number of hydrogen-bond acceptors (Lipinski definition) is 10. The summed E-state index contributed by atoms with van der Waals surface area (Å²) in [4.78, 5) is 40.2. The van der Waals surface area contributed by atoms with E-state index in [4.69, 9.17) is 35.5 Å². The molecule has 0 bridgehead atoms. The van der Waals surface area contributed by atoms with Gasteiger partial charge in [0.2, 0.25) is 11.8 Å². The molecule has 0 unspecified atom stereocenters. The second kappa shape index (κ2) is 18.3. The third kappa shape index (κ3) is 9.82. The van der Waals surface area contributed by atoms with Crippen molar-refractivity contribution in [3.8, 4) is 0 Å². The van der Waals surface area contributed by atoms with Gasteiger partial charge in [0.1, 0.15) is 5.82 Å². The van der Waals surface area contributed by atoms with Gasteiger partial charge in [-0.05, 0) is 67.9 Å². The van der Waals surface area contributed by atoms with E-state index in [1.807, 2.05) is 21.6 Å². The Morgan fingerprint density at radius 1 is 0.962 bits per heavy atom. The fraction of sp³-hybridized carbons (Fsp3) is 0.611. The summed E-state index contributed by atoms with van der Waals surface area (Å²) in [7, 11) is -3.38. The highest BCUT2D eigenvalue weighted by Gasteiger charge is 2.52. The first-order chi connectivity index (χ1) is 25.2. The van der Waals surface area contributed by atoms with Crippen LogP contribution in [0.25, 0.3) is 11.0 Å². The summed E-state index contributed by atoms with van der Waals surface area (Å²) in [6, 6.07) is 7.37. The summed E-state index contributed by atoms with van der Waals surface area (Å²) in [6.45, 7) is 4.37. The number of carbonyl (C=O) groups is 2. The van der Waals surface area contributed by atoms with Crippen molar-refractivity contribution in [3.05, 3.63) is 53.1 Å². The molecule has 1 spiro atoms. The van der Waals surface area contributed by atoms with Gasteiger partial charge in [-0.2, -0.15) is 0 Å². The molecule has 1 aliphatic carbocycles. The molecule has 2 aromatic heterocycles. The maximum atomic E-state index is 14.4. The number of benzene rings is 1. The Hall–Kier alpha value is -2.41. The summed E-state index contributed by atoms with van der Waals surface area (Å²) in [5.74, 6) is 1.22. The van der Waals surface area contributed by atoms with Crippen molar-refractivity contribution in [3.63, 3.8) is 0 Å². The third-order valence-corrected chi connectivity index (χ3v) is 12.4. The van der Waals surface area contributed by atoms with Crippen LogP contribution < -0.4 is 4.90 Å². The number of pyridine rings is 1. The number of piperidine rings is 1. The van der Waals surface area contributed by atoms with Crippen LogP contribution in [0.3, 0.4) is 0 Å². The van der Waals surface area contributed by atoms with E-state index >= 15 is 0 Å². The molecule has 0 radical (unpaired) electrons. The number of sulfone groups is 1. The Morgan fingerprint density at radius 2 is 1.65 bits per heavy atom. The Kier molecular flexibility index (Phi) is 13.8. The standard InChI is InChI=1S/C36H47ClIN5O8S/c37-28-4-5-31-30(23-28)40-33(42(31)10-1-20-52(46,47)21-19-50-16-15-48-13-14-49-17-18-51-26-38)25-43-32-24-39-9-6-29(32)36(35(43)45)7-11-41(12-8-36)34(44)22-27-2-3-27/h4-6,9,23-24,27H,1-3,7-8,10-22,25-26H2. The molecule has 13 nitrogen and oxygen atoms in total. The van der Waals surface area contributed by atoms with E-state index in [1.165, 1.54) is 0 Å². The number of aromatic nitrogens is 3. The van der Waals surface area contributed by atoms with E-state index in [0.29, 0.717) is 112 Å². The quantitative estimate of drug-likeness (QED) is 0.0851. The molecule has 6 rings (SSSR count). The summed E-state index contributed by atoms with van der Waals surface area (Å²) in [5, 5.41) is 0.538. The number of aryl methyl sites for hydroxylation is 1. The van der Waals surface area contributed by atoms with E-state index in [1.54, 1.807) is 29.4 Å². The van der Waals surface area contributed by atoms with Gasteiger partial charge in [-0.3, -0.25) is 14.6 Å². The van der Waals surface area contributed by atoms with Crippen molar-refractivity contribution in [1.29, 1.82) is 0 Å². The number of ether oxygens (including phenoxy) is 4. The average molecular weight is 872 g/mol. The van der Waals surface area contributed by atoms with Crippen LogP contribution in [0.15, 0.2) is 36.7 Å². The Labute approximate surface area is 323 Å². The van der Waals surface area contributed by atoms with Crippen LogP contribution in [0.1, 0.15) is 49.9 Å². The molecule has 1 aromatic carbocycles. The molecular weight excluding hydrogens is 825 g/mol. The molecule has 3 aromatic rings.